The second kappa shape index (κ2) is 6.38. The first-order chi connectivity index (χ1) is 10.4. The van der Waals surface area contributed by atoms with Gasteiger partial charge in [-0.2, -0.15) is 5.10 Å². The van der Waals surface area contributed by atoms with E-state index in [9.17, 15) is 14.4 Å². The van der Waals surface area contributed by atoms with E-state index in [-0.39, 0.29) is 17.2 Å². The molecule has 0 radical (unpaired) electrons. The number of aromatic amines is 1. The topological polar surface area (TPSA) is 103 Å². The smallest absolute Gasteiger partial charge is 0.323 e. The monoisotopic (exact) mass is 303 g/mol. The number of aromatic nitrogens is 2. The van der Waals surface area contributed by atoms with Crippen LogP contribution in [-0.4, -0.2) is 45.2 Å². The highest BCUT2D eigenvalue weighted by Gasteiger charge is 2.23. The largest absolute Gasteiger partial charge is 0.480 e. The maximum absolute atomic E-state index is 12.6. The minimum Gasteiger partial charge on any atom is -0.480 e. The lowest BCUT2D eigenvalue weighted by atomic mass is 10.1. The van der Waals surface area contributed by atoms with E-state index in [1.54, 1.807) is 24.3 Å². The first-order valence-electron chi connectivity index (χ1n) is 6.88. The predicted octanol–water partition coefficient (Wildman–Crippen LogP) is 1.11. The Hall–Kier alpha value is -2.70. The molecular weight excluding hydrogens is 286 g/mol. The maximum atomic E-state index is 12.6. The zero-order valence-corrected chi connectivity index (χ0v) is 12.4. The molecule has 0 spiro atoms. The highest BCUT2D eigenvalue weighted by atomic mass is 16.4. The van der Waals surface area contributed by atoms with E-state index >= 15 is 0 Å². The third-order valence-corrected chi connectivity index (χ3v) is 3.10. The first-order valence-corrected chi connectivity index (χ1v) is 6.88. The average molecular weight is 303 g/mol. The summed E-state index contributed by atoms with van der Waals surface area (Å²) in [4.78, 5) is 36.6. The van der Waals surface area contributed by atoms with Crippen molar-refractivity contribution < 1.29 is 14.7 Å². The van der Waals surface area contributed by atoms with E-state index in [1.807, 2.05) is 13.8 Å². The number of aliphatic carboxylic acids is 1. The van der Waals surface area contributed by atoms with Crippen molar-refractivity contribution in [2.24, 2.45) is 5.92 Å². The van der Waals surface area contributed by atoms with Gasteiger partial charge in [0.2, 0.25) is 0 Å². The van der Waals surface area contributed by atoms with Gasteiger partial charge in [-0.25, -0.2) is 5.10 Å². The van der Waals surface area contributed by atoms with Gasteiger partial charge in [0.05, 0.1) is 5.39 Å². The Balaban J connectivity index is 2.49. The molecule has 0 unspecified atom stereocenters. The van der Waals surface area contributed by atoms with Gasteiger partial charge in [-0.3, -0.25) is 14.4 Å². The van der Waals surface area contributed by atoms with Crippen LogP contribution >= 0.6 is 0 Å². The molecule has 1 heterocycles. The van der Waals surface area contributed by atoms with Crippen molar-refractivity contribution in [3.63, 3.8) is 0 Å². The summed E-state index contributed by atoms with van der Waals surface area (Å²) < 4.78 is 0. The van der Waals surface area contributed by atoms with Gasteiger partial charge in [0.25, 0.3) is 11.5 Å². The molecule has 22 heavy (non-hydrogen) atoms. The number of carboxylic acids is 1. The van der Waals surface area contributed by atoms with E-state index in [2.05, 4.69) is 10.2 Å². The minimum absolute atomic E-state index is 0.0529. The summed E-state index contributed by atoms with van der Waals surface area (Å²) in [5.74, 6) is -1.50. The van der Waals surface area contributed by atoms with E-state index in [1.165, 1.54) is 4.90 Å². The lowest BCUT2D eigenvalue weighted by molar-refractivity contribution is -0.137. The highest BCUT2D eigenvalue weighted by molar-refractivity contribution is 6.05. The summed E-state index contributed by atoms with van der Waals surface area (Å²) >= 11 is 0. The Kier molecular flexibility index (Phi) is 4.55. The number of carbonyl (C=O) groups is 2. The SMILES string of the molecule is CC(C)CN(CC(=O)O)C(=O)c1n[nH]c(=O)c2ccccc12. The van der Waals surface area contributed by atoms with E-state index in [4.69, 9.17) is 5.11 Å². The third-order valence-electron chi connectivity index (χ3n) is 3.10. The van der Waals surface area contributed by atoms with Crippen LogP contribution in [0.15, 0.2) is 29.1 Å². The summed E-state index contributed by atoms with van der Waals surface area (Å²) in [5.41, 5.74) is -0.335. The maximum Gasteiger partial charge on any atom is 0.323 e. The van der Waals surface area contributed by atoms with Gasteiger partial charge in [-0.1, -0.05) is 32.0 Å². The van der Waals surface area contributed by atoms with Crippen LogP contribution in [0.2, 0.25) is 0 Å². The Morgan fingerprint density at radius 2 is 1.91 bits per heavy atom. The van der Waals surface area contributed by atoms with Crippen LogP contribution in [0.4, 0.5) is 0 Å². The fourth-order valence-electron chi connectivity index (χ4n) is 2.25. The zero-order chi connectivity index (χ0) is 16.3. The van der Waals surface area contributed by atoms with Gasteiger partial charge in [0.1, 0.15) is 6.54 Å². The number of nitrogens with one attached hydrogen (secondary N) is 1. The third kappa shape index (κ3) is 3.30. The molecule has 7 nitrogen and oxygen atoms in total. The quantitative estimate of drug-likeness (QED) is 0.861. The van der Waals surface area contributed by atoms with Crippen molar-refractivity contribution >= 4 is 22.6 Å². The van der Waals surface area contributed by atoms with Crippen molar-refractivity contribution in [1.29, 1.82) is 0 Å². The predicted molar refractivity (Wildman–Crippen MR) is 80.7 cm³/mol. The molecule has 1 amide bonds. The summed E-state index contributed by atoms with van der Waals surface area (Å²) in [6, 6.07) is 6.61. The molecule has 0 aliphatic heterocycles. The van der Waals surface area contributed by atoms with Gasteiger partial charge >= 0.3 is 5.97 Å². The number of carboxylic acid groups (broad SMARTS) is 1. The molecule has 2 rings (SSSR count). The number of H-pyrrole nitrogens is 1. The van der Waals surface area contributed by atoms with E-state index in [0.717, 1.165) is 0 Å². The number of carbonyl (C=O) groups excluding carboxylic acids is 1. The number of benzene rings is 1. The van der Waals surface area contributed by atoms with Gasteiger partial charge < -0.3 is 10.0 Å². The van der Waals surface area contributed by atoms with Crippen LogP contribution in [0.3, 0.4) is 0 Å². The van der Waals surface area contributed by atoms with Crippen molar-refractivity contribution in [3.8, 4) is 0 Å². The Labute approximate surface area is 126 Å². The molecule has 0 bridgehead atoms. The molecule has 0 fully saturated rings. The number of fused-ring (bicyclic) bond motifs is 1. The molecule has 0 saturated heterocycles. The summed E-state index contributed by atoms with van der Waals surface area (Å²) in [7, 11) is 0. The first kappa shape index (κ1) is 15.7. The molecule has 0 saturated carbocycles. The van der Waals surface area contributed by atoms with Crippen molar-refractivity contribution in [2.45, 2.75) is 13.8 Å². The van der Waals surface area contributed by atoms with E-state index in [0.29, 0.717) is 17.3 Å². The summed E-state index contributed by atoms with van der Waals surface area (Å²) in [6.45, 7) is 3.66. The molecule has 116 valence electrons. The Morgan fingerprint density at radius 1 is 1.27 bits per heavy atom. The zero-order valence-electron chi connectivity index (χ0n) is 12.4. The molecule has 1 aromatic carbocycles. The van der Waals surface area contributed by atoms with Crippen molar-refractivity contribution in [3.05, 3.63) is 40.3 Å². The van der Waals surface area contributed by atoms with Crippen LogP contribution in [0, 0.1) is 5.92 Å². The highest BCUT2D eigenvalue weighted by Crippen LogP contribution is 2.15. The van der Waals surface area contributed by atoms with Gasteiger partial charge in [-0.15, -0.1) is 0 Å². The van der Waals surface area contributed by atoms with Gasteiger partial charge in [0, 0.05) is 11.9 Å². The fraction of sp³-hybridized carbons (Fsp3) is 0.333. The van der Waals surface area contributed by atoms with Crippen LogP contribution < -0.4 is 5.56 Å². The fourth-order valence-corrected chi connectivity index (χ4v) is 2.25. The normalized spacial score (nSPS) is 10.9. The summed E-state index contributed by atoms with van der Waals surface area (Å²) in [5, 5.41) is 15.8. The average Bonchev–Trinajstić information content (AvgIpc) is 2.46. The minimum atomic E-state index is -1.09. The molecule has 2 N–H and O–H groups in total. The summed E-state index contributed by atoms with van der Waals surface area (Å²) in [6.07, 6.45) is 0. The van der Waals surface area contributed by atoms with Crippen molar-refractivity contribution in [1.82, 2.24) is 15.1 Å². The second-order valence-electron chi connectivity index (χ2n) is 5.42. The number of hydrogen-bond acceptors (Lipinski definition) is 4. The van der Waals surface area contributed by atoms with Crippen LogP contribution in [0.5, 0.6) is 0 Å². The second-order valence-corrected chi connectivity index (χ2v) is 5.42. The Bertz CT molecular complexity index is 767. The van der Waals surface area contributed by atoms with Gasteiger partial charge in [-0.05, 0) is 12.0 Å². The van der Waals surface area contributed by atoms with Crippen LogP contribution in [0.25, 0.3) is 10.8 Å². The number of amides is 1. The standard InChI is InChI=1S/C15H17N3O4/c1-9(2)7-18(8-12(19)20)15(22)13-10-5-3-4-6-11(10)14(21)17-16-13/h3-6,9H,7-8H2,1-2H3,(H,17,21)(H,19,20). The Morgan fingerprint density at radius 3 is 2.50 bits per heavy atom. The number of rotatable bonds is 5. The van der Waals surface area contributed by atoms with Crippen LogP contribution in [0.1, 0.15) is 24.3 Å². The van der Waals surface area contributed by atoms with E-state index < -0.39 is 18.4 Å². The molecule has 0 aliphatic carbocycles. The molecule has 0 atom stereocenters. The van der Waals surface area contributed by atoms with Crippen LogP contribution in [-0.2, 0) is 4.79 Å². The molecular formula is C15H17N3O4. The number of nitrogens with zero attached hydrogens (tertiary/aromatic N) is 2. The lowest BCUT2D eigenvalue weighted by Crippen LogP contribution is -2.39. The molecule has 0 aliphatic rings. The van der Waals surface area contributed by atoms with Gasteiger partial charge in [0.15, 0.2) is 5.69 Å². The lowest BCUT2D eigenvalue weighted by Gasteiger charge is -2.22. The molecule has 1 aromatic heterocycles. The van der Waals surface area contributed by atoms with Crippen molar-refractivity contribution in [2.75, 3.05) is 13.1 Å². The molecule has 7 heteroatoms. The molecule has 2 aromatic rings. The number of hydrogen-bond donors (Lipinski definition) is 2.